The van der Waals surface area contributed by atoms with Crippen LogP contribution in [0.2, 0.25) is 15.1 Å². The quantitative estimate of drug-likeness (QED) is 0.585. The second kappa shape index (κ2) is 4.85. The molecular weight excluding hydrogens is 282 g/mol. The minimum atomic E-state index is -0.365. The van der Waals surface area contributed by atoms with Gasteiger partial charge in [-0.15, -0.1) is 0 Å². The molecule has 0 bridgehead atoms. The van der Waals surface area contributed by atoms with Gasteiger partial charge in [-0.2, -0.15) is 0 Å². The Morgan fingerprint density at radius 3 is 2.18 bits per heavy atom. The normalized spacial score (nSPS) is 10.6. The molecule has 17 heavy (non-hydrogen) atoms. The lowest BCUT2D eigenvalue weighted by Crippen LogP contribution is -1.91. The Balaban J connectivity index is 2.82. The fraction of sp³-hybridized carbons (Fsp3) is 0.0769. The zero-order valence-corrected chi connectivity index (χ0v) is 11.2. The summed E-state index contributed by atoms with van der Waals surface area (Å²) in [6.45, 7) is 1.80. The van der Waals surface area contributed by atoms with E-state index in [2.05, 4.69) is 0 Å². The topological polar surface area (TPSA) is 0 Å². The molecule has 0 aliphatic heterocycles. The smallest absolute Gasteiger partial charge is 0.131 e. The molecule has 0 aliphatic rings. The highest BCUT2D eigenvalue weighted by molar-refractivity contribution is 6.46. The molecule has 0 aliphatic carbocycles. The maximum absolute atomic E-state index is 13.9. The second-order valence-corrected chi connectivity index (χ2v) is 4.84. The van der Waals surface area contributed by atoms with Crippen LogP contribution in [0, 0.1) is 12.7 Å². The van der Waals surface area contributed by atoms with Gasteiger partial charge in [0.1, 0.15) is 5.82 Å². The van der Waals surface area contributed by atoms with Crippen molar-refractivity contribution in [3.05, 3.63) is 56.8 Å². The first-order chi connectivity index (χ1) is 8.02. The summed E-state index contributed by atoms with van der Waals surface area (Å²) in [5.74, 6) is -0.365. The van der Waals surface area contributed by atoms with Gasteiger partial charge in [-0.05, 0) is 30.7 Å². The van der Waals surface area contributed by atoms with Crippen LogP contribution in [-0.2, 0) is 0 Å². The highest BCUT2D eigenvalue weighted by atomic mass is 35.5. The summed E-state index contributed by atoms with van der Waals surface area (Å²) in [6.07, 6.45) is 0. The molecule has 0 nitrogen and oxygen atoms in total. The van der Waals surface area contributed by atoms with E-state index in [-0.39, 0.29) is 10.8 Å². The summed E-state index contributed by atoms with van der Waals surface area (Å²) in [4.78, 5) is 0. The van der Waals surface area contributed by atoms with Crippen LogP contribution in [0.1, 0.15) is 5.56 Å². The highest BCUT2D eigenvalue weighted by Crippen LogP contribution is 2.41. The SMILES string of the molecule is Cc1cccc(F)c1-c1c(Cl)ccc(Cl)c1Cl. The monoisotopic (exact) mass is 288 g/mol. The molecule has 2 aromatic carbocycles. The molecular formula is C13H8Cl3F. The molecule has 0 N–H and O–H groups in total. The minimum Gasteiger partial charge on any atom is -0.206 e. The molecule has 0 spiro atoms. The molecule has 0 heterocycles. The number of rotatable bonds is 1. The molecule has 0 saturated carbocycles. The van der Waals surface area contributed by atoms with E-state index in [4.69, 9.17) is 34.8 Å². The van der Waals surface area contributed by atoms with Gasteiger partial charge in [0.15, 0.2) is 0 Å². The standard InChI is InChI=1S/C13H8Cl3F/c1-7-3-2-4-10(17)11(7)12-8(14)5-6-9(15)13(12)16/h2-6H,1H3. The van der Waals surface area contributed by atoms with Gasteiger partial charge >= 0.3 is 0 Å². The van der Waals surface area contributed by atoms with Crippen LogP contribution in [0.3, 0.4) is 0 Å². The summed E-state index contributed by atoms with van der Waals surface area (Å²) in [6, 6.07) is 8.01. The Kier molecular flexibility index (Phi) is 3.62. The zero-order chi connectivity index (χ0) is 12.6. The van der Waals surface area contributed by atoms with Crippen molar-refractivity contribution in [2.24, 2.45) is 0 Å². The molecule has 2 rings (SSSR count). The van der Waals surface area contributed by atoms with Crippen LogP contribution in [0.5, 0.6) is 0 Å². The number of benzene rings is 2. The third-order valence-corrected chi connectivity index (χ3v) is 3.64. The largest absolute Gasteiger partial charge is 0.206 e. The first-order valence-corrected chi connectivity index (χ1v) is 6.04. The Morgan fingerprint density at radius 2 is 1.53 bits per heavy atom. The van der Waals surface area contributed by atoms with Gasteiger partial charge in [-0.1, -0.05) is 46.9 Å². The average Bonchev–Trinajstić information content (AvgIpc) is 2.28. The lowest BCUT2D eigenvalue weighted by atomic mass is 10.00. The number of halogens is 4. The molecule has 4 heteroatoms. The van der Waals surface area contributed by atoms with Gasteiger partial charge in [0, 0.05) is 11.1 Å². The minimum absolute atomic E-state index is 0.271. The van der Waals surface area contributed by atoms with Crippen molar-refractivity contribution in [3.63, 3.8) is 0 Å². The third-order valence-electron chi connectivity index (χ3n) is 2.52. The van der Waals surface area contributed by atoms with Crippen molar-refractivity contribution in [2.45, 2.75) is 6.92 Å². The molecule has 0 atom stereocenters. The van der Waals surface area contributed by atoms with E-state index in [0.717, 1.165) is 5.56 Å². The Morgan fingerprint density at radius 1 is 0.882 bits per heavy atom. The van der Waals surface area contributed by atoms with E-state index in [9.17, 15) is 4.39 Å². The predicted octanol–water partition coefficient (Wildman–Crippen LogP) is 5.76. The van der Waals surface area contributed by atoms with E-state index in [1.54, 1.807) is 31.2 Å². The van der Waals surface area contributed by atoms with E-state index < -0.39 is 0 Å². The molecule has 0 saturated heterocycles. The van der Waals surface area contributed by atoms with Crippen molar-refractivity contribution in [1.82, 2.24) is 0 Å². The first-order valence-electron chi connectivity index (χ1n) is 4.91. The Hall–Kier alpha value is -0.760. The molecule has 0 fully saturated rings. The summed E-state index contributed by atoms with van der Waals surface area (Å²) in [7, 11) is 0. The maximum Gasteiger partial charge on any atom is 0.131 e. The van der Waals surface area contributed by atoms with Crippen LogP contribution in [0.15, 0.2) is 30.3 Å². The van der Waals surface area contributed by atoms with E-state index in [0.29, 0.717) is 21.2 Å². The van der Waals surface area contributed by atoms with Crippen LogP contribution < -0.4 is 0 Å². The summed E-state index contributed by atoms with van der Waals surface area (Å²) < 4.78 is 13.9. The number of hydrogen-bond donors (Lipinski definition) is 0. The van der Waals surface area contributed by atoms with Gasteiger partial charge in [-0.3, -0.25) is 0 Å². The Labute approximate surface area is 114 Å². The van der Waals surface area contributed by atoms with Crippen molar-refractivity contribution >= 4 is 34.8 Å². The van der Waals surface area contributed by atoms with Crippen LogP contribution in [-0.4, -0.2) is 0 Å². The van der Waals surface area contributed by atoms with Crippen molar-refractivity contribution in [3.8, 4) is 11.1 Å². The third kappa shape index (κ3) is 2.28. The number of aryl methyl sites for hydroxylation is 1. The molecule has 88 valence electrons. The number of hydrogen-bond acceptors (Lipinski definition) is 0. The van der Waals surface area contributed by atoms with Crippen molar-refractivity contribution < 1.29 is 4.39 Å². The lowest BCUT2D eigenvalue weighted by molar-refractivity contribution is 0.630. The summed E-state index contributed by atoms with van der Waals surface area (Å²) in [5.41, 5.74) is 1.59. The van der Waals surface area contributed by atoms with Gasteiger partial charge < -0.3 is 0 Å². The van der Waals surface area contributed by atoms with Crippen molar-refractivity contribution in [1.29, 1.82) is 0 Å². The van der Waals surface area contributed by atoms with E-state index in [1.807, 2.05) is 0 Å². The maximum atomic E-state index is 13.9. The molecule has 0 aromatic heterocycles. The predicted molar refractivity (Wildman–Crippen MR) is 71.6 cm³/mol. The van der Waals surface area contributed by atoms with E-state index in [1.165, 1.54) is 6.07 Å². The fourth-order valence-corrected chi connectivity index (χ4v) is 2.42. The van der Waals surface area contributed by atoms with Gasteiger partial charge in [0.2, 0.25) is 0 Å². The van der Waals surface area contributed by atoms with E-state index >= 15 is 0 Å². The van der Waals surface area contributed by atoms with Crippen molar-refractivity contribution in [2.75, 3.05) is 0 Å². The molecule has 0 radical (unpaired) electrons. The zero-order valence-electron chi connectivity index (χ0n) is 8.90. The van der Waals surface area contributed by atoms with Gasteiger partial charge in [0.25, 0.3) is 0 Å². The van der Waals surface area contributed by atoms with Gasteiger partial charge in [-0.25, -0.2) is 4.39 Å². The summed E-state index contributed by atoms with van der Waals surface area (Å²) in [5, 5.41) is 1.01. The molecule has 0 unspecified atom stereocenters. The molecule has 0 amide bonds. The lowest BCUT2D eigenvalue weighted by Gasteiger charge is -2.12. The van der Waals surface area contributed by atoms with Gasteiger partial charge in [0.05, 0.1) is 15.1 Å². The van der Waals surface area contributed by atoms with Crippen LogP contribution in [0.4, 0.5) is 4.39 Å². The first kappa shape index (κ1) is 12.7. The van der Waals surface area contributed by atoms with Crippen LogP contribution in [0.25, 0.3) is 11.1 Å². The average molecular weight is 290 g/mol. The molecule has 2 aromatic rings. The summed E-state index contributed by atoms with van der Waals surface area (Å²) >= 11 is 18.1. The fourth-order valence-electron chi connectivity index (χ4n) is 1.70. The Bertz CT molecular complexity index is 559. The highest BCUT2D eigenvalue weighted by Gasteiger charge is 2.16. The van der Waals surface area contributed by atoms with Crippen LogP contribution >= 0.6 is 34.8 Å². The second-order valence-electron chi connectivity index (χ2n) is 3.65.